The van der Waals surface area contributed by atoms with E-state index in [1.807, 2.05) is 0 Å². The summed E-state index contributed by atoms with van der Waals surface area (Å²) in [5.74, 6) is -0.583. The van der Waals surface area contributed by atoms with Crippen LogP contribution in [0.5, 0.6) is 0 Å². The maximum atomic E-state index is 14.3. The molecule has 28 heavy (non-hydrogen) atoms. The van der Waals surface area contributed by atoms with Gasteiger partial charge < -0.3 is 9.64 Å². The first-order valence-corrected chi connectivity index (χ1v) is 10.4. The first-order chi connectivity index (χ1) is 13.5. The SMILES string of the molecule is CCOC(=O)[C@@]1(Cc2ccccc2F)CCCN(C(=O)CN2CCCCC2)C1. The van der Waals surface area contributed by atoms with Gasteiger partial charge in [0.25, 0.3) is 0 Å². The number of halogens is 1. The van der Waals surface area contributed by atoms with E-state index in [-0.39, 0.29) is 30.7 Å². The molecule has 2 heterocycles. The summed E-state index contributed by atoms with van der Waals surface area (Å²) in [5.41, 5.74) is -0.380. The fraction of sp³-hybridized carbons (Fsp3) is 0.636. The molecule has 0 bridgehead atoms. The molecule has 2 aliphatic heterocycles. The Hall–Kier alpha value is -1.95. The van der Waals surface area contributed by atoms with Crippen LogP contribution in [0, 0.1) is 11.2 Å². The molecule has 0 radical (unpaired) electrons. The number of amides is 1. The maximum Gasteiger partial charge on any atom is 0.314 e. The summed E-state index contributed by atoms with van der Waals surface area (Å²) in [6, 6.07) is 6.55. The summed E-state index contributed by atoms with van der Waals surface area (Å²) in [5, 5.41) is 0. The number of esters is 1. The third-order valence-electron chi connectivity index (χ3n) is 5.93. The zero-order valence-corrected chi connectivity index (χ0v) is 16.8. The Morgan fingerprint density at radius 3 is 2.57 bits per heavy atom. The fourth-order valence-electron chi connectivity index (χ4n) is 4.43. The molecular weight excluding hydrogens is 359 g/mol. The molecule has 0 aromatic heterocycles. The number of benzene rings is 1. The van der Waals surface area contributed by atoms with Gasteiger partial charge >= 0.3 is 5.97 Å². The van der Waals surface area contributed by atoms with E-state index in [2.05, 4.69) is 4.90 Å². The highest BCUT2D eigenvalue weighted by Gasteiger charge is 2.45. The summed E-state index contributed by atoms with van der Waals surface area (Å²) < 4.78 is 19.7. The van der Waals surface area contributed by atoms with Crippen molar-refractivity contribution in [3.05, 3.63) is 35.6 Å². The molecule has 1 atom stereocenters. The molecule has 5 nitrogen and oxygen atoms in total. The lowest BCUT2D eigenvalue weighted by Gasteiger charge is -2.42. The van der Waals surface area contributed by atoms with Crippen LogP contribution in [0.15, 0.2) is 24.3 Å². The Labute approximate surface area is 166 Å². The Bertz CT molecular complexity index is 690. The topological polar surface area (TPSA) is 49.9 Å². The summed E-state index contributed by atoms with van der Waals surface area (Å²) in [7, 11) is 0. The van der Waals surface area contributed by atoms with Crippen molar-refractivity contribution in [1.82, 2.24) is 9.80 Å². The van der Waals surface area contributed by atoms with Gasteiger partial charge in [-0.25, -0.2) is 4.39 Å². The number of likely N-dealkylation sites (tertiary alicyclic amines) is 2. The van der Waals surface area contributed by atoms with Gasteiger partial charge in [0.1, 0.15) is 5.82 Å². The van der Waals surface area contributed by atoms with E-state index in [1.54, 1.807) is 30.0 Å². The molecule has 2 saturated heterocycles. The van der Waals surface area contributed by atoms with E-state index in [0.29, 0.717) is 31.6 Å². The highest BCUT2D eigenvalue weighted by atomic mass is 19.1. The second-order valence-corrected chi connectivity index (χ2v) is 8.02. The monoisotopic (exact) mass is 390 g/mol. The first kappa shape index (κ1) is 20.8. The lowest BCUT2D eigenvalue weighted by Crippen LogP contribution is -2.53. The predicted octanol–water partition coefficient (Wildman–Crippen LogP) is 3.03. The number of carbonyl (C=O) groups is 2. The van der Waals surface area contributed by atoms with Gasteiger partial charge in [-0.1, -0.05) is 24.6 Å². The van der Waals surface area contributed by atoms with Crippen LogP contribution in [0.4, 0.5) is 4.39 Å². The summed E-state index contributed by atoms with van der Waals surface area (Å²) in [6.45, 7) is 5.31. The molecule has 3 rings (SSSR count). The number of hydrogen-bond acceptors (Lipinski definition) is 4. The zero-order valence-electron chi connectivity index (χ0n) is 16.8. The van der Waals surface area contributed by atoms with E-state index in [9.17, 15) is 14.0 Å². The summed E-state index contributed by atoms with van der Waals surface area (Å²) >= 11 is 0. The van der Waals surface area contributed by atoms with Crippen molar-refractivity contribution in [2.24, 2.45) is 5.41 Å². The lowest BCUT2D eigenvalue weighted by atomic mass is 9.75. The quantitative estimate of drug-likeness (QED) is 0.701. The Kier molecular flexibility index (Phi) is 7.05. The molecule has 1 amide bonds. The van der Waals surface area contributed by atoms with Crippen LogP contribution in [-0.4, -0.2) is 61.0 Å². The van der Waals surface area contributed by atoms with Crippen molar-refractivity contribution in [2.75, 3.05) is 39.3 Å². The molecule has 0 N–H and O–H groups in total. The second kappa shape index (κ2) is 9.50. The van der Waals surface area contributed by atoms with Gasteiger partial charge in [-0.05, 0) is 63.7 Å². The van der Waals surface area contributed by atoms with E-state index in [0.717, 1.165) is 32.4 Å². The Morgan fingerprint density at radius 2 is 1.86 bits per heavy atom. The van der Waals surface area contributed by atoms with Gasteiger partial charge in [0.15, 0.2) is 0 Å². The highest BCUT2D eigenvalue weighted by Crippen LogP contribution is 2.36. The molecule has 0 aliphatic carbocycles. The third kappa shape index (κ3) is 4.90. The molecule has 1 aromatic carbocycles. The molecule has 1 aromatic rings. The average Bonchev–Trinajstić information content (AvgIpc) is 2.71. The van der Waals surface area contributed by atoms with Gasteiger partial charge in [0, 0.05) is 13.1 Å². The molecule has 0 unspecified atom stereocenters. The van der Waals surface area contributed by atoms with Crippen LogP contribution in [0.1, 0.15) is 44.6 Å². The summed E-state index contributed by atoms with van der Waals surface area (Å²) in [6.07, 6.45) is 5.07. The van der Waals surface area contributed by atoms with Crippen LogP contribution in [-0.2, 0) is 20.7 Å². The van der Waals surface area contributed by atoms with Crippen molar-refractivity contribution in [3.63, 3.8) is 0 Å². The molecular formula is C22H31FN2O3. The number of piperidine rings is 2. The lowest BCUT2D eigenvalue weighted by molar-refractivity contribution is -0.161. The number of rotatable bonds is 6. The minimum Gasteiger partial charge on any atom is -0.466 e. The van der Waals surface area contributed by atoms with Crippen molar-refractivity contribution in [1.29, 1.82) is 0 Å². The molecule has 6 heteroatoms. The zero-order chi connectivity index (χ0) is 20.0. The molecule has 2 fully saturated rings. The largest absolute Gasteiger partial charge is 0.466 e. The van der Waals surface area contributed by atoms with Gasteiger partial charge in [0.05, 0.1) is 18.6 Å². The van der Waals surface area contributed by atoms with E-state index in [4.69, 9.17) is 4.74 Å². The minimum atomic E-state index is -0.881. The van der Waals surface area contributed by atoms with Gasteiger partial charge in [0.2, 0.25) is 5.91 Å². The van der Waals surface area contributed by atoms with Crippen LogP contribution in [0.3, 0.4) is 0 Å². The average molecular weight is 390 g/mol. The second-order valence-electron chi connectivity index (χ2n) is 8.02. The van der Waals surface area contributed by atoms with Gasteiger partial charge in [-0.15, -0.1) is 0 Å². The molecule has 0 saturated carbocycles. The van der Waals surface area contributed by atoms with Crippen LogP contribution in [0.2, 0.25) is 0 Å². The van der Waals surface area contributed by atoms with Gasteiger partial charge in [-0.3, -0.25) is 14.5 Å². The van der Waals surface area contributed by atoms with E-state index < -0.39 is 5.41 Å². The molecule has 154 valence electrons. The van der Waals surface area contributed by atoms with Gasteiger partial charge in [-0.2, -0.15) is 0 Å². The third-order valence-corrected chi connectivity index (χ3v) is 5.93. The standard InChI is InChI=1S/C22H31FN2O3/c1-2-28-21(27)22(15-18-9-4-5-10-19(18)23)11-8-14-25(17-22)20(26)16-24-12-6-3-7-13-24/h4-5,9-10H,2-3,6-8,11-17H2,1H3/t22-/m1/s1. The molecule has 0 spiro atoms. The van der Waals surface area contributed by atoms with Crippen molar-refractivity contribution in [3.8, 4) is 0 Å². The van der Waals surface area contributed by atoms with Crippen molar-refractivity contribution >= 4 is 11.9 Å². The minimum absolute atomic E-state index is 0.0591. The number of carbonyl (C=O) groups excluding carboxylic acids is 2. The summed E-state index contributed by atoms with van der Waals surface area (Å²) in [4.78, 5) is 29.8. The number of ether oxygens (including phenoxy) is 1. The number of hydrogen-bond donors (Lipinski definition) is 0. The van der Waals surface area contributed by atoms with Crippen molar-refractivity contribution in [2.45, 2.75) is 45.4 Å². The smallest absolute Gasteiger partial charge is 0.314 e. The maximum absolute atomic E-state index is 14.3. The Morgan fingerprint density at radius 1 is 1.11 bits per heavy atom. The fourth-order valence-corrected chi connectivity index (χ4v) is 4.43. The number of nitrogens with zero attached hydrogens (tertiary/aromatic N) is 2. The predicted molar refractivity (Wildman–Crippen MR) is 105 cm³/mol. The Balaban J connectivity index is 1.76. The normalized spacial score (nSPS) is 23.4. The van der Waals surface area contributed by atoms with Crippen LogP contribution in [0.25, 0.3) is 0 Å². The van der Waals surface area contributed by atoms with E-state index in [1.165, 1.54) is 12.5 Å². The van der Waals surface area contributed by atoms with Crippen LogP contribution >= 0.6 is 0 Å². The van der Waals surface area contributed by atoms with Crippen LogP contribution < -0.4 is 0 Å². The van der Waals surface area contributed by atoms with E-state index >= 15 is 0 Å². The first-order valence-electron chi connectivity index (χ1n) is 10.4. The van der Waals surface area contributed by atoms with Crippen molar-refractivity contribution < 1.29 is 18.7 Å². The highest BCUT2D eigenvalue weighted by molar-refractivity contribution is 5.82. The molecule has 2 aliphatic rings.